The van der Waals surface area contributed by atoms with Crippen LogP contribution in [0, 0.1) is 52.3 Å². The number of rotatable bonds is 5. The van der Waals surface area contributed by atoms with Gasteiger partial charge in [0.2, 0.25) is 0 Å². The smallest absolute Gasteiger partial charge is 0.362 e. The van der Waals surface area contributed by atoms with Gasteiger partial charge in [-0.05, 0) is 116 Å². The molecule has 292 valence electrons. The molecule has 1 aromatic carbocycles. The summed E-state index contributed by atoms with van der Waals surface area (Å²) >= 11 is 0. The topological polar surface area (TPSA) is 117 Å². The van der Waals surface area contributed by atoms with Crippen LogP contribution in [0.2, 0.25) is 0 Å². The van der Waals surface area contributed by atoms with Crippen LogP contribution < -0.4 is 4.90 Å². The number of nitrogens with zero attached hydrogens (tertiary/aromatic N) is 2. The maximum atomic E-state index is 14.5. The summed E-state index contributed by atoms with van der Waals surface area (Å²) in [4.78, 5) is 28.8. The molecule has 5 saturated carbocycles. The highest BCUT2D eigenvalue weighted by Crippen LogP contribution is 2.73. The number of aliphatic hydroxyl groups excluding tert-OH is 2. The normalized spacial score (nSPS) is 54.4. The van der Waals surface area contributed by atoms with Crippen molar-refractivity contribution in [1.29, 1.82) is 0 Å². The number of likely N-dealkylation sites (N-methyl/N-ethyl adjacent to an activating group) is 1. The minimum Gasteiger partial charge on any atom is -0.458 e. The molecule has 0 radical (unpaired) electrons. The number of ether oxygens (including phenoxy) is 2. The van der Waals surface area contributed by atoms with E-state index in [4.69, 9.17) is 9.47 Å². The lowest BCUT2D eigenvalue weighted by Gasteiger charge is -2.67. The maximum absolute atomic E-state index is 14.5. The van der Waals surface area contributed by atoms with Crippen LogP contribution in [0.25, 0.3) is 0 Å². The van der Waals surface area contributed by atoms with Crippen molar-refractivity contribution in [1.82, 2.24) is 0 Å². The summed E-state index contributed by atoms with van der Waals surface area (Å²) in [6, 6.07) is 8.74. The number of cyclic esters (lactones) is 1. The molecular weight excluding hydrogens is 681 g/mol. The molecule has 5 bridgehead atoms. The first kappa shape index (κ1) is 34.8. The first-order valence-corrected chi connectivity index (χ1v) is 21.7. The predicted molar refractivity (Wildman–Crippen MR) is 201 cm³/mol. The van der Waals surface area contributed by atoms with Gasteiger partial charge in [-0.1, -0.05) is 39.0 Å². The Morgan fingerprint density at radius 1 is 1.02 bits per heavy atom. The van der Waals surface area contributed by atoms with Crippen molar-refractivity contribution in [3.05, 3.63) is 41.5 Å². The molecule has 6 aliphatic heterocycles. The van der Waals surface area contributed by atoms with Crippen molar-refractivity contribution in [2.45, 2.75) is 145 Å². The van der Waals surface area contributed by atoms with Crippen molar-refractivity contribution in [3.8, 4) is 0 Å². The third-order valence-corrected chi connectivity index (χ3v) is 19.8. The Labute approximate surface area is 320 Å². The molecule has 4 saturated heterocycles. The summed E-state index contributed by atoms with van der Waals surface area (Å²) < 4.78 is 12.3. The van der Waals surface area contributed by atoms with E-state index in [0.29, 0.717) is 22.9 Å². The molecule has 1 aromatic rings. The van der Waals surface area contributed by atoms with Gasteiger partial charge in [0.1, 0.15) is 18.8 Å². The van der Waals surface area contributed by atoms with E-state index in [-0.39, 0.29) is 88.5 Å². The van der Waals surface area contributed by atoms with E-state index in [9.17, 15) is 24.9 Å². The lowest BCUT2D eigenvalue weighted by Crippen LogP contribution is -2.83. The number of carbonyl (C=O) groups excluding carboxylic acids is 2. The number of carbonyl (C=O) groups is 2. The molecule has 3 N–H and O–H groups in total. The van der Waals surface area contributed by atoms with Gasteiger partial charge < -0.3 is 29.7 Å². The van der Waals surface area contributed by atoms with Gasteiger partial charge in [-0.3, -0.25) is 4.48 Å². The summed E-state index contributed by atoms with van der Waals surface area (Å²) in [6.45, 7) is 7.48. The molecule has 0 amide bonds. The Kier molecular flexibility index (Phi) is 7.17. The second kappa shape index (κ2) is 11.1. The van der Waals surface area contributed by atoms with Gasteiger partial charge in [0.25, 0.3) is 0 Å². The van der Waals surface area contributed by atoms with Crippen molar-refractivity contribution in [2.24, 2.45) is 52.3 Å². The highest BCUT2D eigenvalue weighted by atomic mass is 16.5. The van der Waals surface area contributed by atoms with E-state index in [1.54, 1.807) is 6.08 Å². The molecule has 0 unspecified atom stereocenters. The van der Waals surface area contributed by atoms with Crippen LogP contribution in [-0.2, 0) is 24.5 Å². The molecule has 0 aromatic heterocycles. The lowest BCUT2D eigenvalue weighted by molar-refractivity contribution is -1.03. The monoisotopic (exact) mass is 741 g/mol. The van der Waals surface area contributed by atoms with Crippen LogP contribution in [0.3, 0.4) is 0 Å². The second-order valence-corrected chi connectivity index (χ2v) is 20.7. The minimum absolute atomic E-state index is 0.0370. The van der Waals surface area contributed by atoms with Crippen molar-refractivity contribution < 1.29 is 38.9 Å². The Morgan fingerprint density at radius 2 is 1.83 bits per heavy atom. The van der Waals surface area contributed by atoms with Crippen LogP contribution in [0.5, 0.6) is 0 Å². The maximum Gasteiger partial charge on any atom is 0.362 e. The number of benzene rings is 1. The first-order valence-electron chi connectivity index (χ1n) is 21.7. The molecule has 6 heterocycles. The van der Waals surface area contributed by atoms with Crippen LogP contribution in [0.15, 0.2) is 35.9 Å². The minimum atomic E-state index is -0.739. The summed E-state index contributed by atoms with van der Waals surface area (Å²) in [5, 5.41) is 37.5. The third kappa shape index (κ3) is 3.88. The van der Waals surface area contributed by atoms with Gasteiger partial charge in [-0.2, -0.15) is 0 Å². The summed E-state index contributed by atoms with van der Waals surface area (Å²) in [5.41, 5.74) is 2.28. The van der Waals surface area contributed by atoms with Crippen molar-refractivity contribution >= 4 is 17.6 Å². The van der Waals surface area contributed by atoms with E-state index in [0.717, 1.165) is 82.6 Å². The molecule has 9 fully saturated rings. The number of hydrogen-bond acceptors (Lipinski definition) is 8. The van der Waals surface area contributed by atoms with E-state index in [1.165, 1.54) is 11.3 Å². The highest BCUT2D eigenvalue weighted by molar-refractivity contribution is 5.85. The molecule has 12 rings (SSSR count). The molecule has 1 spiro atoms. The van der Waals surface area contributed by atoms with E-state index >= 15 is 0 Å². The quantitative estimate of drug-likeness (QED) is 0.278. The fourth-order valence-electron chi connectivity index (χ4n) is 17.6. The van der Waals surface area contributed by atoms with Gasteiger partial charge >= 0.3 is 11.9 Å². The molecule has 54 heavy (non-hydrogen) atoms. The largest absolute Gasteiger partial charge is 0.458 e. The number of quaternary nitrogens is 1. The fourth-order valence-corrected chi connectivity index (χ4v) is 17.6. The SMILES string of the molecule is CC[C@H]1[C@@H]2C[C@H]3[C@@H]4N(C)c5ccccc5[C@@]45C[C@@H]([C@H]2[C@@H]5O)[N@+]3(CC(=O)O[C@H]2CC[C@@]3(C)[C@H](CC[C@@H]4[C@@H]3CC[C@]3(C)[C@@H](C5=CC(=O)OC5)CC[C@]43O)C2)[C@@H]1O. The number of hydrogen-bond donors (Lipinski definition) is 3. The Hall–Kier alpha value is -2.46. The Bertz CT molecular complexity index is 1830. The number of esters is 2. The van der Waals surface area contributed by atoms with Crippen molar-refractivity contribution in [3.63, 3.8) is 0 Å². The molecule has 9 heteroatoms. The summed E-state index contributed by atoms with van der Waals surface area (Å²) in [5.74, 6) is 1.32. The standard InChI is InChI=1S/C45H61N2O7/c1-5-27-28-20-34-39-44(32-8-6-7-9-33(32)46(39)4)21-35(38(28)40(44)50)47(34,41(27)51)22-37(49)54-26-12-15-42(2)25(19-26)10-11-31-30(42)13-16-43(3)29(14-17-45(31,43)52)24-18-36(48)53-23-24/h6-9,18,25-31,34-35,38-41,50-52H,5,10-17,19-23H2,1-4H3/q+1/t25-,26+,27+,28+,29-,30+,31-,34+,35+,38+,39+,40+,41-,42+,43-,44+,45+,47-/m1/s1. The van der Waals surface area contributed by atoms with Crippen molar-refractivity contribution in [2.75, 3.05) is 25.1 Å². The average Bonchev–Trinajstić information content (AvgIpc) is 3.83. The van der Waals surface area contributed by atoms with Crippen LogP contribution in [-0.4, -0.2) is 94.1 Å². The zero-order valence-corrected chi connectivity index (χ0v) is 32.7. The zero-order valence-electron chi connectivity index (χ0n) is 32.7. The first-order chi connectivity index (χ1) is 25.8. The van der Waals surface area contributed by atoms with Crippen LogP contribution in [0.4, 0.5) is 5.69 Å². The Balaban J connectivity index is 0.829. The number of anilines is 1. The van der Waals surface area contributed by atoms with E-state index < -0.39 is 17.9 Å². The molecule has 9 nitrogen and oxygen atoms in total. The van der Waals surface area contributed by atoms with E-state index in [1.807, 2.05) is 0 Å². The Morgan fingerprint density at radius 3 is 2.61 bits per heavy atom. The summed E-state index contributed by atoms with van der Waals surface area (Å²) in [6.07, 6.45) is 11.5. The van der Waals surface area contributed by atoms with Gasteiger partial charge in [0.05, 0.1) is 29.2 Å². The van der Waals surface area contributed by atoms with Crippen LogP contribution >= 0.6 is 0 Å². The average molecular weight is 742 g/mol. The number of aliphatic hydroxyl groups is 3. The summed E-state index contributed by atoms with van der Waals surface area (Å²) in [7, 11) is 2.17. The second-order valence-electron chi connectivity index (χ2n) is 20.7. The number of piperidine rings is 4. The number of fused-ring (bicyclic) bond motifs is 7. The van der Waals surface area contributed by atoms with Gasteiger partial charge in [-0.15, -0.1) is 0 Å². The van der Waals surface area contributed by atoms with Crippen LogP contribution in [0.1, 0.15) is 103 Å². The molecular formula is C45H61N2O7+. The van der Waals surface area contributed by atoms with Gasteiger partial charge in [-0.25, -0.2) is 9.59 Å². The highest BCUT2D eigenvalue weighted by Gasteiger charge is 2.83. The lowest BCUT2D eigenvalue weighted by atomic mass is 9.43. The van der Waals surface area contributed by atoms with E-state index in [2.05, 4.69) is 57.0 Å². The third-order valence-electron chi connectivity index (χ3n) is 19.8. The fraction of sp³-hybridized carbons (Fsp3) is 0.778. The molecule has 11 aliphatic rings. The number of para-hydroxylation sites is 1. The van der Waals surface area contributed by atoms with Gasteiger partial charge in [0, 0.05) is 48.9 Å². The molecule has 18 atom stereocenters. The predicted octanol–water partition coefficient (Wildman–Crippen LogP) is 5.24. The zero-order chi connectivity index (χ0) is 37.3. The molecule has 5 aliphatic carbocycles. The van der Waals surface area contributed by atoms with Gasteiger partial charge in [0.15, 0.2) is 12.8 Å².